The molecule has 1 N–H and O–H groups in total. The monoisotopic (exact) mass is 411 g/mol. The van der Waals surface area contributed by atoms with Crippen LogP contribution in [0.25, 0.3) is 11.0 Å². The minimum absolute atomic E-state index is 0.0791. The maximum Gasteiger partial charge on any atom is 0.230 e. The lowest BCUT2D eigenvalue weighted by molar-refractivity contribution is -0.119. The molecule has 1 atom stereocenters. The second-order valence-corrected chi connectivity index (χ2v) is 7.41. The molecular formula is C22H25N3O3S. The van der Waals surface area contributed by atoms with Gasteiger partial charge in [0.15, 0.2) is 5.16 Å². The van der Waals surface area contributed by atoms with Crippen molar-refractivity contribution in [2.45, 2.75) is 24.7 Å². The number of methoxy groups -OCH3 is 2. The van der Waals surface area contributed by atoms with E-state index in [4.69, 9.17) is 9.47 Å². The molecule has 1 amide bonds. The lowest BCUT2D eigenvalue weighted by Crippen LogP contribution is -2.28. The maximum absolute atomic E-state index is 12.6. The van der Waals surface area contributed by atoms with Gasteiger partial charge in [0.2, 0.25) is 5.91 Å². The SMILES string of the molecule is C=CCn1c(SCC(=O)NC(C)c2cc(OC)ccc2OC)nc2ccccc21. The number of amides is 1. The molecule has 3 aromatic rings. The van der Waals surface area contributed by atoms with Crippen LogP contribution in [0.2, 0.25) is 0 Å². The molecule has 152 valence electrons. The van der Waals surface area contributed by atoms with Gasteiger partial charge in [0, 0.05) is 12.1 Å². The second kappa shape index (κ2) is 9.52. The highest BCUT2D eigenvalue weighted by molar-refractivity contribution is 7.99. The highest BCUT2D eigenvalue weighted by Gasteiger charge is 2.17. The lowest BCUT2D eigenvalue weighted by atomic mass is 10.1. The molecule has 0 saturated heterocycles. The summed E-state index contributed by atoms with van der Waals surface area (Å²) in [6.45, 7) is 6.39. The average molecular weight is 412 g/mol. The third-order valence-corrected chi connectivity index (χ3v) is 5.52. The van der Waals surface area contributed by atoms with Gasteiger partial charge >= 0.3 is 0 Å². The molecule has 0 aliphatic heterocycles. The fourth-order valence-corrected chi connectivity index (χ4v) is 3.97. The third kappa shape index (κ3) is 4.74. The molecule has 1 unspecified atom stereocenters. The predicted molar refractivity (Wildman–Crippen MR) is 117 cm³/mol. The van der Waals surface area contributed by atoms with Crippen LogP contribution < -0.4 is 14.8 Å². The summed E-state index contributed by atoms with van der Waals surface area (Å²) in [6, 6.07) is 13.2. The van der Waals surface area contributed by atoms with E-state index < -0.39 is 0 Å². The molecule has 0 bridgehead atoms. The van der Waals surface area contributed by atoms with Crippen molar-refractivity contribution in [1.29, 1.82) is 0 Å². The Morgan fingerprint density at radius 2 is 2.07 bits per heavy atom. The Labute approximate surface area is 174 Å². The van der Waals surface area contributed by atoms with E-state index in [2.05, 4.69) is 21.4 Å². The van der Waals surface area contributed by atoms with Gasteiger partial charge in [-0.05, 0) is 37.3 Å². The summed E-state index contributed by atoms with van der Waals surface area (Å²) in [7, 11) is 3.22. The van der Waals surface area contributed by atoms with Gasteiger partial charge in [-0.1, -0.05) is 30.0 Å². The van der Waals surface area contributed by atoms with Crippen LogP contribution in [0.15, 0.2) is 60.3 Å². The Morgan fingerprint density at radius 3 is 2.79 bits per heavy atom. The summed E-state index contributed by atoms with van der Waals surface area (Å²) in [6.07, 6.45) is 1.83. The molecule has 0 saturated carbocycles. The first kappa shape index (κ1) is 20.8. The van der Waals surface area contributed by atoms with Gasteiger partial charge in [0.1, 0.15) is 11.5 Å². The molecular weight excluding hydrogens is 386 g/mol. The maximum atomic E-state index is 12.6. The normalized spacial score (nSPS) is 11.8. The minimum atomic E-state index is -0.222. The first-order valence-corrected chi connectivity index (χ1v) is 10.3. The van der Waals surface area contributed by atoms with E-state index in [1.807, 2.05) is 55.5 Å². The number of allylic oxidation sites excluding steroid dienone is 1. The van der Waals surface area contributed by atoms with E-state index in [-0.39, 0.29) is 17.7 Å². The molecule has 0 spiro atoms. The highest BCUT2D eigenvalue weighted by Crippen LogP contribution is 2.29. The van der Waals surface area contributed by atoms with Gasteiger partial charge in [0.05, 0.1) is 37.0 Å². The first-order chi connectivity index (χ1) is 14.1. The summed E-state index contributed by atoms with van der Waals surface area (Å²) in [5.41, 5.74) is 2.81. The third-order valence-electron chi connectivity index (χ3n) is 4.54. The van der Waals surface area contributed by atoms with E-state index in [1.165, 1.54) is 11.8 Å². The number of ether oxygens (including phenoxy) is 2. The highest BCUT2D eigenvalue weighted by atomic mass is 32.2. The molecule has 6 nitrogen and oxygen atoms in total. The van der Waals surface area contributed by atoms with Gasteiger partial charge in [-0.2, -0.15) is 0 Å². The van der Waals surface area contributed by atoms with Crippen LogP contribution in [-0.4, -0.2) is 35.4 Å². The molecule has 0 radical (unpaired) electrons. The van der Waals surface area contributed by atoms with Crippen LogP contribution >= 0.6 is 11.8 Å². The number of thioether (sulfide) groups is 1. The Hall–Kier alpha value is -2.93. The van der Waals surface area contributed by atoms with E-state index in [9.17, 15) is 4.79 Å². The molecule has 0 fully saturated rings. The molecule has 7 heteroatoms. The molecule has 1 aromatic heterocycles. The van der Waals surface area contributed by atoms with Crippen molar-refractivity contribution in [3.05, 3.63) is 60.7 Å². The van der Waals surface area contributed by atoms with Crippen molar-refractivity contribution in [2.75, 3.05) is 20.0 Å². The summed E-state index contributed by atoms with van der Waals surface area (Å²) >= 11 is 1.41. The van der Waals surface area contributed by atoms with Crippen molar-refractivity contribution in [2.24, 2.45) is 0 Å². The van der Waals surface area contributed by atoms with Crippen LogP contribution in [0.3, 0.4) is 0 Å². The Balaban J connectivity index is 1.70. The number of carbonyl (C=O) groups is 1. The number of hydrogen-bond acceptors (Lipinski definition) is 5. The van der Waals surface area contributed by atoms with Gasteiger partial charge in [-0.15, -0.1) is 6.58 Å². The fourth-order valence-electron chi connectivity index (χ4n) is 3.14. The quantitative estimate of drug-likeness (QED) is 0.422. The molecule has 1 heterocycles. The largest absolute Gasteiger partial charge is 0.497 e. The number of nitrogens with zero attached hydrogens (tertiary/aromatic N) is 2. The van der Waals surface area contributed by atoms with E-state index >= 15 is 0 Å². The Kier molecular flexibility index (Phi) is 6.82. The minimum Gasteiger partial charge on any atom is -0.497 e. The number of aromatic nitrogens is 2. The van der Waals surface area contributed by atoms with Gasteiger partial charge in [0.25, 0.3) is 0 Å². The summed E-state index contributed by atoms with van der Waals surface area (Å²) in [5, 5.41) is 3.82. The molecule has 29 heavy (non-hydrogen) atoms. The van der Waals surface area contributed by atoms with Crippen molar-refractivity contribution < 1.29 is 14.3 Å². The summed E-state index contributed by atoms with van der Waals surface area (Å²) < 4.78 is 12.8. The second-order valence-electron chi connectivity index (χ2n) is 6.47. The van der Waals surface area contributed by atoms with Gasteiger partial charge in [-0.25, -0.2) is 4.98 Å². The molecule has 2 aromatic carbocycles. The number of para-hydroxylation sites is 2. The molecule has 0 aliphatic carbocycles. The van der Waals surface area contributed by atoms with Crippen LogP contribution in [0.4, 0.5) is 0 Å². The lowest BCUT2D eigenvalue weighted by Gasteiger charge is -2.18. The number of hydrogen-bond donors (Lipinski definition) is 1. The van der Waals surface area contributed by atoms with Gasteiger partial charge in [-0.3, -0.25) is 4.79 Å². The standard InChI is InChI=1S/C22H25N3O3S/c1-5-12-25-19-9-7-6-8-18(19)24-22(25)29-14-21(26)23-15(2)17-13-16(27-3)10-11-20(17)28-4/h5-11,13,15H,1,12,14H2,2-4H3,(H,23,26). The zero-order chi connectivity index (χ0) is 20.8. The van der Waals surface area contributed by atoms with Crippen molar-refractivity contribution >= 4 is 28.7 Å². The number of imidazole rings is 1. The number of rotatable bonds is 9. The summed E-state index contributed by atoms with van der Waals surface area (Å²) in [4.78, 5) is 17.2. The zero-order valence-electron chi connectivity index (χ0n) is 16.8. The fraction of sp³-hybridized carbons (Fsp3) is 0.273. The van der Waals surface area contributed by atoms with Crippen LogP contribution in [0, 0.1) is 0 Å². The van der Waals surface area contributed by atoms with Crippen molar-refractivity contribution in [3.63, 3.8) is 0 Å². The summed E-state index contributed by atoms with van der Waals surface area (Å²) in [5.74, 6) is 1.61. The van der Waals surface area contributed by atoms with Crippen LogP contribution in [0.1, 0.15) is 18.5 Å². The van der Waals surface area contributed by atoms with E-state index in [1.54, 1.807) is 14.2 Å². The van der Waals surface area contributed by atoms with E-state index in [0.29, 0.717) is 12.3 Å². The topological polar surface area (TPSA) is 65.4 Å². The smallest absolute Gasteiger partial charge is 0.230 e. The van der Waals surface area contributed by atoms with Gasteiger partial charge < -0.3 is 19.4 Å². The number of nitrogens with one attached hydrogen (secondary N) is 1. The van der Waals surface area contributed by atoms with Crippen LogP contribution in [0.5, 0.6) is 11.5 Å². The number of carbonyl (C=O) groups excluding carboxylic acids is 1. The predicted octanol–water partition coefficient (Wildman–Crippen LogP) is 4.21. The number of benzene rings is 2. The van der Waals surface area contributed by atoms with Crippen molar-refractivity contribution in [1.82, 2.24) is 14.9 Å². The zero-order valence-corrected chi connectivity index (χ0v) is 17.7. The Bertz CT molecular complexity index is 1020. The van der Waals surface area contributed by atoms with Crippen molar-refractivity contribution in [3.8, 4) is 11.5 Å². The average Bonchev–Trinajstić information content (AvgIpc) is 3.09. The molecule has 0 aliphatic rings. The first-order valence-electron chi connectivity index (χ1n) is 9.27. The van der Waals surface area contributed by atoms with E-state index in [0.717, 1.165) is 27.5 Å². The number of fused-ring (bicyclic) bond motifs is 1. The Morgan fingerprint density at radius 1 is 1.28 bits per heavy atom. The molecule has 3 rings (SSSR count). The van der Waals surface area contributed by atoms with Crippen LogP contribution in [-0.2, 0) is 11.3 Å².